The van der Waals surface area contributed by atoms with Gasteiger partial charge in [-0.1, -0.05) is 13.8 Å². The highest BCUT2D eigenvalue weighted by Gasteiger charge is 2.42. The number of hydrogen-bond donors (Lipinski definition) is 2. The highest BCUT2D eigenvalue weighted by Crippen LogP contribution is 2.37. The second-order valence-electron chi connectivity index (χ2n) is 11.1. The van der Waals surface area contributed by atoms with Gasteiger partial charge in [-0.25, -0.2) is 0 Å². The monoisotopic (exact) mass is 468 g/mol. The Balaban J connectivity index is 1.57. The van der Waals surface area contributed by atoms with Gasteiger partial charge in [-0.3, -0.25) is 9.59 Å². The topological polar surface area (TPSA) is 64.7 Å². The average molecular weight is 469 g/mol. The number of hydrogen-bond acceptors (Lipinski definition) is 4. The van der Waals surface area contributed by atoms with Gasteiger partial charge in [-0.2, -0.15) is 0 Å². The van der Waals surface area contributed by atoms with Crippen molar-refractivity contribution in [1.82, 2.24) is 20.4 Å². The highest BCUT2D eigenvalue weighted by molar-refractivity contribution is 6.20. The van der Waals surface area contributed by atoms with Crippen molar-refractivity contribution in [3.8, 4) is 0 Å². The van der Waals surface area contributed by atoms with E-state index in [1.807, 2.05) is 6.92 Å². The fourth-order valence-electron chi connectivity index (χ4n) is 6.32. The molecular weight excluding hydrogens is 424 g/mol. The van der Waals surface area contributed by atoms with Crippen LogP contribution in [0.3, 0.4) is 0 Å². The first-order valence-electron chi connectivity index (χ1n) is 12.8. The minimum atomic E-state index is -0.148. The summed E-state index contributed by atoms with van der Waals surface area (Å²) in [6.07, 6.45) is 4.96. The van der Waals surface area contributed by atoms with Gasteiger partial charge in [0, 0.05) is 42.0 Å². The first-order valence-corrected chi connectivity index (χ1v) is 13.2. The molecule has 7 unspecified atom stereocenters. The van der Waals surface area contributed by atoms with Crippen LogP contribution in [0, 0.1) is 23.7 Å². The Morgan fingerprint density at radius 1 is 1.19 bits per heavy atom. The number of nitrogens with zero attached hydrogens (tertiary/aromatic N) is 2. The van der Waals surface area contributed by atoms with Crippen LogP contribution in [0.2, 0.25) is 0 Å². The number of amides is 2. The third-order valence-corrected chi connectivity index (χ3v) is 8.90. The predicted molar refractivity (Wildman–Crippen MR) is 131 cm³/mol. The normalized spacial score (nSPS) is 37.5. The zero-order valence-corrected chi connectivity index (χ0v) is 21.7. The van der Waals surface area contributed by atoms with Gasteiger partial charge < -0.3 is 20.4 Å². The van der Waals surface area contributed by atoms with E-state index in [0.717, 1.165) is 25.9 Å². The lowest BCUT2D eigenvalue weighted by atomic mass is 9.74. The number of piperidine rings is 2. The molecule has 7 atom stereocenters. The quantitative estimate of drug-likeness (QED) is 0.588. The molecule has 0 aromatic rings. The summed E-state index contributed by atoms with van der Waals surface area (Å²) < 4.78 is 0. The highest BCUT2D eigenvalue weighted by atomic mass is 35.5. The maximum atomic E-state index is 13.2. The van der Waals surface area contributed by atoms with Crippen LogP contribution in [0.4, 0.5) is 0 Å². The van der Waals surface area contributed by atoms with Crippen LogP contribution in [0.5, 0.6) is 0 Å². The number of rotatable bonds is 6. The summed E-state index contributed by atoms with van der Waals surface area (Å²) in [5, 5.41) is 6.16. The molecule has 2 heterocycles. The van der Waals surface area contributed by atoms with E-state index in [0.29, 0.717) is 31.1 Å². The number of alkyl halides is 1. The molecule has 1 aliphatic carbocycles. The molecule has 3 aliphatic rings. The van der Waals surface area contributed by atoms with E-state index < -0.39 is 0 Å². The van der Waals surface area contributed by atoms with E-state index in [1.54, 1.807) is 0 Å². The predicted octanol–water partition coefficient (Wildman–Crippen LogP) is 3.09. The third kappa shape index (κ3) is 5.98. The fourth-order valence-corrected chi connectivity index (χ4v) is 6.69. The lowest BCUT2D eigenvalue weighted by Crippen LogP contribution is -2.55. The molecule has 2 N–H and O–H groups in total. The van der Waals surface area contributed by atoms with Crippen LogP contribution >= 0.6 is 11.6 Å². The van der Waals surface area contributed by atoms with E-state index in [9.17, 15) is 9.59 Å². The molecule has 6 nitrogen and oxygen atoms in total. The van der Waals surface area contributed by atoms with Gasteiger partial charge in [-0.05, 0) is 84.8 Å². The zero-order chi connectivity index (χ0) is 23.6. The lowest BCUT2D eigenvalue weighted by molar-refractivity contribution is -0.132. The maximum Gasteiger partial charge on any atom is 0.225 e. The van der Waals surface area contributed by atoms with Crippen molar-refractivity contribution in [2.24, 2.45) is 23.7 Å². The molecule has 0 radical (unpaired) electrons. The van der Waals surface area contributed by atoms with Gasteiger partial charge >= 0.3 is 0 Å². The van der Waals surface area contributed by atoms with Crippen LogP contribution in [-0.2, 0) is 9.59 Å². The van der Waals surface area contributed by atoms with Crippen molar-refractivity contribution >= 4 is 23.4 Å². The molecule has 2 amide bonds. The molecule has 0 bridgehead atoms. The molecule has 0 aromatic heterocycles. The molecule has 7 heteroatoms. The third-order valence-electron chi connectivity index (χ3n) is 8.55. The van der Waals surface area contributed by atoms with E-state index in [-0.39, 0.29) is 46.9 Å². The summed E-state index contributed by atoms with van der Waals surface area (Å²) in [4.78, 5) is 30.7. The van der Waals surface area contributed by atoms with E-state index in [2.05, 4.69) is 55.2 Å². The molecule has 3 rings (SSSR count). The van der Waals surface area contributed by atoms with E-state index >= 15 is 0 Å². The van der Waals surface area contributed by atoms with Crippen molar-refractivity contribution in [2.45, 2.75) is 96.3 Å². The molecule has 0 aromatic carbocycles. The Morgan fingerprint density at radius 3 is 2.44 bits per heavy atom. The Kier molecular flexibility index (Phi) is 8.90. The first kappa shape index (κ1) is 25.8. The maximum absolute atomic E-state index is 13.2. The summed E-state index contributed by atoms with van der Waals surface area (Å²) in [6, 6.07) is 1.68. The van der Waals surface area contributed by atoms with Crippen LogP contribution in [0.15, 0.2) is 0 Å². The van der Waals surface area contributed by atoms with Crippen LogP contribution in [0.25, 0.3) is 0 Å². The van der Waals surface area contributed by atoms with E-state index in [4.69, 9.17) is 11.6 Å². The van der Waals surface area contributed by atoms with Crippen LogP contribution in [0.1, 0.15) is 66.7 Å². The zero-order valence-electron chi connectivity index (χ0n) is 20.9. The second-order valence-corrected chi connectivity index (χ2v) is 11.7. The molecule has 2 saturated heterocycles. The Hall–Kier alpha value is -0.850. The smallest absolute Gasteiger partial charge is 0.225 e. The lowest BCUT2D eigenvalue weighted by Gasteiger charge is -2.47. The average Bonchev–Trinajstić information content (AvgIpc) is 2.73. The van der Waals surface area contributed by atoms with Crippen LogP contribution < -0.4 is 10.6 Å². The van der Waals surface area contributed by atoms with Gasteiger partial charge in [0.05, 0.1) is 5.92 Å². The minimum Gasteiger partial charge on any atom is -0.355 e. The molecule has 184 valence electrons. The largest absolute Gasteiger partial charge is 0.355 e. The van der Waals surface area contributed by atoms with Crippen molar-refractivity contribution < 1.29 is 9.59 Å². The number of likely N-dealkylation sites (tertiary alicyclic amines) is 1. The summed E-state index contributed by atoms with van der Waals surface area (Å²) in [7, 11) is 2.23. The number of carbonyl (C=O) groups excluding carboxylic acids is 2. The van der Waals surface area contributed by atoms with Crippen molar-refractivity contribution in [1.29, 1.82) is 0 Å². The Morgan fingerprint density at radius 2 is 1.84 bits per heavy atom. The molecule has 3 fully saturated rings. The first-order chi connectivity index (χ1) is 15.1. The summed E-state index contributed by atoms with van der Waals surface area (Å²) in [5.41, 5.74) is 0. The van der Waals surface area contributed by atoms with Crippen molar-refractivity contribution in [3.63, 3.8) is 0 Å². The standard InChI is InChI=1S/C25H45ClN4O2/c1-15(2)30-9-7-20(8-10-30)29(6)23-13-19(26)12-21(18(23)5)24(31)27-14-22-16(3)11-17(4)28-25(22)32/h15-23H,7-14H2,1-6H3,(H,27,31)(H,28,32). The SMILES string of the molecule is CC1CC(C)C(CNC(=O)C2CC(Cl)CC(N(C)C3CCN(C(C)C)CC3)C2C)C(=O)N1. The van der Waals surface area contributed by atoms with Crippen molar-refractivity contribution in [3.05, 3.63) is 0 Å². The summed E-state index contributed by atoms with van der Waals surface area (Å²) in [6.45, 7) is 13.6. The Bertz CT molecular complexity index is 652. The fraction of sp³-hybridized carbons (Fsp3) is 0.920. The molecule has 1 saturated carbocycles. The number of carbonyl (C=O) groups is 2. The number of halogens is 1. The Labute approximate surface area is 200 Å². The molecular formula is C25H45ClN4O2. The summed E-state index contributed by atoms with van der Waals surface area (Å²) >= 11 is 6.70. The van der Waals surface area contributed by atoms with Gasteiger partial charge in [-0.15, -0.1) is 11.6 Å². The summed E-state index contributed by atoms with van der Waals surface area (Å²) in [5.74, 6) is 0.402. The second kappa shape index (κ2) is 11.1. The molecule has 0 spiro atoms. The van der Waals surface area contributed by atoms with E-state index in [1.165, 1.54) is 12.8 Å². The molecule has 2 aliphatic heterocycles. The van der Waals surface area contributed by atoms with Gasteiger partial charge in [0.25, 0.3) is 0 Å². The van der Waals surface area contributed by atoms with Gasteiger partial charge in [0.2, 0.25) is 11.8 Å². The van der Waals surface area contributed by atoms with Crippen LogP contribution in [-0.4, -0.2) is 77.8 Å². The van der Waals surface area contributed by atoms with Gasteiger partial charge in [0.1, 0.15) is 0 Å². The van der Waals surface area contributed by atoms with Crippen molar-refractivity contribution in [2.75, 3.05) is 26.7 Å². The number of nitrogens with one attached hydrogen (secondary N) is 2. The molecule has 32 heavy (non-hydrogen) atoms. The van der Waals surface area contributed by atoms with Gasteiger partial charge in [0.15, 0.2) is 0 Å². The minimum absolute atomic E-state index is 0.0166.